The van der Waals surface area contributed by atoms with Gasteiger partial charge in [0.1, 0.15) is 12.2 Å². The molecule has 0 radical (unpaired) electrons. The summed E-state index contributed by atoms with van der Waals surface area (Å²) >= 11 is 0. The molecule has 0 saturated heterocycles. The quantitative estimate of drug-likeness (QED) is 0.470. The molecule has 2 N–H and O–H groups in total. The number of rotatable bonds is 9. The normalized spacial score (nSPS) is 10.8. The number of amides is 2. The third-order valence-electron chi connectivity index (χ3n) is 5.12. The fraction of sp³-hybridized carbons (Fsp3) is 0.320. The van der Waals surface area contributed by atoms with E-state index in [0.29, 0.717) is 23.5 Å². The number of benzene rings is 2. The van der Waals surface area contributed by atoms with Gasteiger partial charge in [-0.25, -0.2) is 9.78 Å². The third kappa shape index (κ3) is 6.06. The fourth-order valence-electron chi connectivity index (χ4n) is 3.42. The zero-order valence-electron chi connectivity index (χ0n) is 19.5. The van der Waals surface area contributed by atoms with Crippen LogP contribution in [0.5, 0.6) is 0 Å². The van der Waals surface area contributed by atoms with E-state index < -0.39 is 17.4 Å². The second kappa shape index (κ2) is 11.2. The van der Waals surface area contributed by atoms with Crippen molar-refractivity contribution < 1.29 is 19.1 Å². The van der Waals surface area contributed by atoms with Gasteiger partial charge in [-0.3, -0.25) is 19.0 Å². The molecule has 1 aromatic heterocycles. The SMILES string of the molecule is COC(=O)c1ccccc1NC(=O)Cn1c(=O)c(CCC(=O)NCC(C)C)nc2ccccc21. The molecule has 2 amide bonds. The Hall–Kier alpha value is -4.01. The monoisotopic (exact) mass is 464 g/mol. The highest BCUT2D eigenvalue weighted by Crippen LogP contribution is 2.17. The molecule has 1 heterocycles. The van der Waals surface area contributed by atoms with Crippen molar-refractivity contribution in [1.29, 1.82) is 0 Å². The number of esters is 1. The zero-order valence-corrected chi connectivity index (χ0v) is 19.5. The number of nitrogens with one attached hydrogen (secondary N) is 2. The molecule has 0 aliphatic carbocycles. The molecule has 9 nitrogen and oxygen atoms in total. The summed E-state index contributed by atoms with van der Waals surface area (Å²) in [7, 11) is 1.26. The molecule has 0 unspecified atom stereocenters. The van der Waals surface area contributed by atoms with Crippen LogP contribution in [0.25, 0.3) is 11.0 Å². The van der Waals surface area contributed by atoms with Gasteiger partial charge in [-0.05, 0) is 30.2 Å². The lowest BCUT2D eigenvalue weighted by molar-refractivity contribution is -0.121. The van der Waals surface area contributed by atoms with Crippen LogP contribution in [0.1, 0.15) is 36.3 Å². The van der Waals surface area contributed by atoms with E-state index in [0.717, 1.165) is 0 Å². The first-order valence-corrected chi connectivity index (χ1v) is 11.0. The predicted octanol–water partition coefficient (Wildman–Crippen LogP) is 2.53. The van der Waals surface area contributed by atoms with Crippen LogP contribution >= 0.6 is 0 Å². The summed E-state index contributed by atoms with van der Waals surface area (Å²) in [4.78, 5) is 54.6. The number of carbonyl (C=O) groups is 3. The lowest BCUT2D eigenvalue weighted by Crippen LogP contribution is -2.32. The van der Waals surface area contributed by atoms with E-state index in [1.165, 1.54) is 17.7 Å². The van der Waals surface area contributed by atoms with Crippen LogP contribution in [0.3, 0.4) is 0 Å². The number of aromatic nitrogens is 2. The Labute approximate surface area is 197 Å². The molecule has 0 atom stereocenters. The van der Waals surface area contributed by atoms with Gasteiger partial charge in [0.2, 0.25) is 11.8 Å². The number of carbonyl (C=O) groups excluding carboxylic acids is 3. The molecule has 3 aromatic rings. The average molecular weight is 465 g/mol. The van der Waals surface area contributed by atoms with Gasteiger partial charge in [-0.1, -0.05) is 38.1 Å². The maximum atomic E-state index is 13.2. The Morgan fingerprint density at radius 2 is 1.74 bits per heavy atom. The van der Waals surface area contributed by atoms with Gasteiger partial charge in [0.05, 0.1) is 29.4 Å². The Morgan fingerprint density at radius 1 is 1.03 bits per heavy atom. The summed E-state index contributed by atoms with van der Waals surface area (Å²) in [6, 6.07) is 13.5. The third-order valence-corrected chi connectivity index (χ3v) is 5.12. The van der Waals surface area contributed by atoms with Crippen molar-refractivity contribution in [2.45, 2.75) is 33.2 Å². The van der Waals surface area contributed by atoms with E-state index in [9.17, 15) is 19.2 Å². The summed E-state index contributed by atoms with van der Waals surface area (Å²) in [5, 5.41) is 5.50. The van der Waals surface area contributed by atoms with E-state index in [-0.39, 0.29) is 42.2 Å². The average Bonchev–Trinajstić information content (AvgIpc) is 2.83. The molecule has 0 aliphatic rings. The summed E-state index contributed by atoms with van der Waals surface area (Å²) in [6.45, 7) is 4.27. The van der Waals surface area contributed by atoms with E-state index in [1.807, 2.05) is 13.8 Å². The van der Waals surface area contributed by atoms with Gasteiger partial charge in [0.15, 0.2) is 0 Å². The molecule has 0 bridgehead atoms. The first-order chi connectivity index (χ1) is 16.3. The summed E-state index contributed by atoms with van der Waals surface area (Å²) in [6.07, 6.45) is 0.270. The number of methoxy groups -OCH3 is 1. The number of ether oxygens (including phenoxy) is 1. The lowest BCUT2D eigenvalue weighted by atomic mass is 10.1. The molecular formula is C25H28N4O5. The van der Waals surface area contributed by atoms with E-state index in [4.69, 9.17) is 4.74 Å². The molecular weight excluding hydrogens is 436 g/mol. The molecule has 0 aliphatic heterocycles. The van der Waals surface area contributed by atoms with Crippen molar-refractivity contribution in [3.05, 3.63) is 70.1 Å². The smallest absolute Gasteiger partial charge is 0.339 e. The molecule has 0 fully saturated rings. The second-order valence-electron chi connectivity index (χ2n) is 8.22. The maximum Gasteiger partial charge on any atom is 0.339 e. The fourth-order valence-corrected chi connectivity index (χ4v) is 3.42. The lowest BCUT2D eigenvalue weighted by Gasteiger charge is -2.14. The van der Waals surface area contributed by atoms with Crippen molar-refractivity contribution in [2.75, 3.05) is 19.0 Å². The molecule has 178 valence electrons. The first kappa shape index (κ1) is 24.6. The molecule has 9 heteroatoms. The Bertz CT molecular complexity index is 1270. The number of aryl methyl sites for hydroxylation is 1. The standard InChI is InChI=1S/C25H28N4O5/c1-16(2)14-26-22(30)13-12-20-24(32)29(21-11-7-6-10-19(21)27-20)15-23(31)28-18-9-5-4-8-17(18)25(33)34-3/h4-11,16H,12-15H2,1-3H3,(H,26,30)(H,28,31). The van der Waals surface area contributed by atoms with Gasteiger partial charge in [-0.15, -0.1) is 0 Å². The molecule has 0 spiro atoms. The minimum atomic E-state index is -0.583. The maximum absolute atomic E-state index is 13.2. The molecule has 0 saturated carbocycles. The minimum Gasteiger partial charge on any atom is -0.465 e. The predicted molar refractivity (Wildman–Crippen MR) is 129 cm³/mol. The molecule has 34 heavy (non-hydrogen) atoms. The van der Waals surface area contributed by atoms with Crippen molar-refractivity contribution in [3.63, 3.8) is 0 Å². The summed E-state index contributed by atoms with van der Waals surface area (Å²) in [5.41, 5.74) is 1.30. The van der Waals surface area contributed by atoms with Crippen molar-refractivity contribution >= 4 is 34.5 Å². The van der Waals surface area contributed by atoms with Gasteiger partial charge in [0, 0.05) is 19.4 Å². The highest BCUT2D eigenvalue weighted by Gasteiger charge is 2.17. The van der Waals surface area contributed by atoms with Gasteiger partial charge >= 0.3 is 5.97 Å². The van der Waals surface area contributed by atoms with Crippen molar-refractivity contribution in [1.82, 2.24) is 14.9 Å². The Kier molecular flexibility index (Phi) is 8.13. The highest BCUT2D eigenvalue weighted by atomic mass is 16.5. The highest BCUT2D eigenvalue weighted by molar-refractivity contribution is 6.01. The van der Waals surface area contributed by atoms with Gasteiger partial charge in [0.25, 0.3) is 5.56 Å². The topological polar surface area (TPSA) is 119 Å². The Morgan fingerprint density at radius 3 is 2.47 bits per heavy atom. The second-order valence-corrected chi connectivity index (χ2v) is 8.22. The van der Waals surface area contributed by atoms with Crippen LogP contribution in [0.15, 0.2) is 53.3 Å². The van der Waals surface area contributed by atoms with Crippen molar-refractivity contribution in [2.24, 2.45) is 5.92 Å². The van der Waals surface area contributed by atoms with Crippen LogP contribution in [-0.2, 0) is 27.3 Å². The number of nitrogens with zero attached hydrogens (tertiary/aromatic N) is 2. The van der Waals surface area contributed by atoms with Crippen LogP contribution in [0.2, 0.25) is 0 Å². The summed E-state index contributed by atoms with van der Waals surface area (Å²) < 4.78 is 6.09. The van der Waals surface area contributed by atoms with E-state index in [2.05, 4.69) is 15.6 Å². The van der Waals surface area contributed by atoms with Crippen LogP contribution in [0, 0.1) is 5.92 Å². The van der Waals surface area contributed by atoms with Crippen LogP contribution in [0.4, 0.5) is 5.69 Å². The molecule has 2 aromatic carbocycles. The van der Waals surface area contributed by atoms with Crippen LogP contribution < -0.4 is 16.2 Å². The number of hydrogen-bond acceptors (Lipinski definition) is 6. The van der Waals surface area contributed by atoms with E-state index >= 15 is 0 Å². The first-order valence-electron chi connectivity index (χ1n) is 11.0. The summed E-state index contributed by atoms with van der Waals surface area (Å²) in [5.74, 6) is -0.912. The van der Waals surface area contributed by atoms with E-state index in [1.54, 1.807) is 42.5 Å². The van der Waals surface area contributed by atoms with Crippen LogP contribution in [-0.4, -0.2) is 41.0 Å². The number of para-hydroxylation sites is 3. The van der Waals surface area contributed by atoms with Gasteiger partial charge in [-0.2, -0.15) is 0 Å². The Balaban J connectivity index is 1.85. The number of fused-ring (bicyclic) bond motifs is 1. The number of hydrogen-bond donors (Lipinski definition) is 2. The zero-order chi connectivity index (χ0) is 24.7. The number of anilines is 1. The minimum absolute atomic E-state index is 0.117. The van der Waals surface area contributed by atoms with Gasteiger partial charge < -0.3 is 15.4 Å². The largest absolute Gasteiger partial charge is 0.465 e. The van der Waals surface area contributed by atoms with Crippen molar-refractivity contribution in [3.8, 4) is 0 Å². The molecule has 3 rings (SSSR count).